The second kappa shape index (κ2) is 8.68. The molecule has 2 aromatic carbocycles. The molecule has 2 amide bonds. The third kappa shape index (κ3) is 4.86. The van der Waals surface area contributed by atoms with Crippen LogP contribution in [0.1, 0.15) is 12.0 Å². The van der Waals surface area contributed by atoms with Crippen molar-refractivity contribution in [3.63, 3.8) is 0 Å². The fraction of sp³-hybridized carbons (Fsp3) is 0.300. The number of thioether (sulfide) groups is 1. The zero-order chi connectivity index (χ0) is 20.1. The molecular formula is C20H19F3N2O2S. The largest absolute Gasteiger partial charge is 0.417 e. The highest BCUT2D eigenvalue weighted by molar-refractivity contribution is 7.99. The Bertz CT molecular complexity index is 848. The van der Waals surface area contributed by atoms with Gasteiger partial charge in [-0.3, -0.25) is 9.59 Å². The number of amides is 2. The number of benzene rings is 2. The highest BCUT2D eigenvalue weighted by Crippen LogP contribution is 2.38. The topological polar surface area (TPSA) is 49.4 Å². The van der Waals surface area contributed by atoms with Gasteiger partial charge in [0.15, 0.2) is 0 Å². The number of nitrogens with zero attached hydrogens (tertiary/aromatic N) is 1. The Hall–Kier alpha value is -2.48. The van der Waals surface area contributed by atoms with Crippen LogP contribution in [0.3, 0.4) is 0 Å². The lowest BCUT2D eigenvalue weighted by Gasteiger charge is -2.20. The molecule has 1 N–H and O–H groups in total. The van der Waals surface area contributed by atoms with Crippen LogP contribution in [0.4, 0.5) is 18.9 Å². The van der Waals surface area contributed by atoms with Gasteiger partial charge in [-0.2, -0.15) is 24.9 Å². The van der Waals surface area contributed by atoms with E-state index in [2.05, 4.69) is 5.32 Å². The monoisotopic (exact) mass is 408 g/mol. The number of rotatable bonds is 2. The lowest BCUT2D eigenvalue weighted by molar-refractivity contribution is -0.142. The fourth-order valence-electron chi connectivity index (χ4n) is 3.00. The molecule has 3 rings (SSSR count). The minimum absolute atomic E-state index is 0.0157. The van der Waals surface area contributed by atoms with E-state index in [1.54, 1.807) is 42.1 Å². The van der Waals surface area contributed by atoms with E-state index >= 15 is 0 Å². The van der Waals surface area contributed by atoms with E-state index in [4.69, 9.17) is 0 Å². The van der Waals surface area contributed by atoms with Gasteiger partial charge in [-0.15, -0.1) is 0 Å². The number of nitrogens with one attached hydrogen (secondary N) is 1. The van der Waals surface area contributed by atoms with Gasteiger partial charge in [0.25, 0.3) is 0 Å². The minimum Gasteiger partial charge on any atom is -0.334 e. The van der Waals surface area contributed by atoms with Gasteiger partial charge < -0.3 is 10.2 Å². The third-order valence-electron chi connectivity index (χ3n) is 4.37. The summed E-state index contributed by atoms with van der Waals surface area (Å²) in [5, 5.41) is 2.31. The van der Waals surface area contributed by atoms with Crippen molar-refractivity contribution in [1.29, 1.82) is 0 Å². The molecule has 0 unspecified atom stereocenters. The maximum absolute atomic E-state index is 13.6. The first kappa shape index (κ1) is 20.3. The summed E-state index contributed by atoms with van der Waals surface area (Å²) in [5.41, 5.74) is -0.488. The van der Waals surface area contributed by atoms with Crippen LogP contribution in [0.2, 0.25) is 0 Å². The Balaban J connectivity index is 1.82. The van der Waals surface area contributed by atoms with Crippen LogP contribution in [-0.2, 0) is 15.8 Å². The molecule has 148 valence electrons. The van der Waals surface area contributed by atoms with Gasteiger partial charge in [-0.1, -0.05) is 36.4 Å². The first-order chi connectivity index (χ1) is 13.4. The van der Waals surface area contributed by atoms with E-state index < -0.39 is 23.6 Å². The first-order valence-electron chi connectivity index (χ1n) is 8.81. The normalized spacial score (nSPS) is 15.0. The Morgan fingerprint density at radius 1 is 1.00 bits per heavy atom. The fourth-order valence-corrected chi connectivity index (χ4v) is 3.89. The van der Waals surface area contributed by atoms with Crippen molar-refractivity contribution in [2.75, 3.05) is 29.9 Å². The molecule has 1 aliphatic rings. The summed E-state index contributed by atoms with van der Waals surface area (Å²) in [6, 6.07) is 11.8. The second-order valence-corrected chi connectivity index (χ2v) is 7.56. The summed E-state index contributed by atoms with van der Waals surface area (Å²) >= 11 is 1.71. The summed E-state index contributed by atoms with van der Waals surface area (Å²) < 4.78 is 40.7. The van der Waals surface area contributed by atoms with Crippen molar-refractivity contribution >= 4 is 29.3 Å². The van der Waals surface area contributed by atoms with Crippen LogP contribution in [0.25, 0.3) is 11.1 Å². The average Bonchev–Trinajstić information content (AvgIpc) is 2.97. The second-order valence-electron chi connectivity index (χ2n) is 6.34. The third-order valence-corrected chi connectivity index (χ3v) is 5.42. The lowest BCUT2D eigenvalue weighted by atomic mass is 9.98. The summed E-state index contributed by atoms with van der Waals surface area (Å²) in [6.45, 7) is 0.928. The van der Waals surface area contributed by atoms with E-state index in [1.165, 1.54) is 17.0 Å². The number of carbonyl (C=O) groups is 2. The van der Waals surface area contributed by atoms with E-state index in [-0.39, 0.29) is 11.3 Å². The predicted molar refractivity (Wildman–Crippen MR) is 104 cm³/mol. The van der Waals surface area contributed by atoms with Crippen molar-refractivity contribution in [2.45, 2.75) is 12.6 Å². The zero-order valence-corrected chi connectivity index (χ0v) is 15.8. The van der Waals surface area contributed by atoms with Crippen LogP contribution in [-0.4, -0.2) is 41.3 Å². The molecule has 8 heteroatoms. The molecule has 1 heterocycles. The molecule has 0 spiro atoms. The predicted octanol–water partition coefficient (Wildman–Crippen LogP) is 4.28. The highest BCUT2D eigenvalue weighted by atomic mass is 32.2. The Morgan fingerprint density at radius 3 is 2.46 bits per heavy atom. The summed E-state index contributed by atoms with van der Waals surface area (Å²) in [5.74, 6) is 0.0142. The quantitative estimate of drug-likeness (QED) is 0.755. The number of hydrogen-bond acceptors (Lipinski definition) is 3. The maximum Gasteiger partial charge on any atom is 0.417 e. The van der Waals surface area contributed by atoms with Gasteiger partial charge in [-0.25, -0.2) is 0 Å². The smallest absolute Gasteiger partial charge is 0.334 e. The van der Waals surface area contributed by atoms with E-state index in [0.29, 0.717) is 18.7 Å². The molecule has 1 aliphatic heterocycles. The summed E-state index contributed by atoms with van der Waals surface area (Å²) in [7, 11) is 0. The first-order valence-corrected chi connectivity index (χ1v) is 9.96. The zero-order valence-electron chi connectivity index (χ0n) is 15.0. The molecule has 0 aliphatic carbocycles. The number of anilines is 1. The van der Waals surface area contributed by atoms with Crippen LogP contribution in [0.15, 0.2) is 48.5 Å². The highest BCUT2D eigenvalue weighted by Gasteiger charge is 2.34. The molecule has 28 heavy (non-hydrogen) atoms. The molecule has 0 radical (unpaired) electrons. The molecular weight excluding hydrogens is 389 g/mol. The van der Waals surface area contributed by atoms with Crippen LogP contribution < -0.4 is 5.32 Å². The molecule has 1 saturated heterocycles. The van der Waals surface area contributed by atoms with Gasteiger partial charge in [0, 0.05) is 24.5 Å². The Morgan fingerprint density at radius 2 is 1.75 bits per heavy atom. The van der Waals surface area contributed by atoms with Gasteiger partial charge in [-0.05, 0) is 35.4 Å². The lowest BCUT2D eigenvalue weighted by Crippen LogP contribution is -2.40. The van der Waals surface area contributed by atoms with E-state index in [1.807, 2.05) is 0 Å². The summed E-state index contributed by atoms with van der Waals surface area (Å²) in [6.07, 6.45) is -3.81. The van der Waals surface area contributed by atoms with Gasteiger partial charge in [0.1, 0.15) is 0 Å². The van der Waals surface area contributed by atoms with Gasteiger partial charge in [0.2, 0.25) is 0 Å². The molecule has 2 aromatic rings. The minimum atomic E-state index is -4.60. The van der Waals surface area contributed by atoms with Crippen LogP contribution >= 0.6 is 11.8 Å². The summed E-state index contributed by atoms with van der Waals surface area (Å²) in [4.78, 5) is 26.0. The number of hydrogen-bond donors (Lipinski definition) is 1. The molecule has 0 saturated carbocycles. The van der Waals surface area contributed by atoms with Crippen molar-refractivity contribution in [3.05, 3.63) is 54.1 Å². The standard InChI is InChI=1S/C20H19F3N2O2S/c21-20(22,23)17-13-15(7-8-16(17)14-5-2-1-3-6-14)24-18(26)19(27)25-9-4-11-28-12-10-25/h1-3,5-8,13H,4,9-12H2,(H,24,26). The SMILES string of the molecule is O=C(Nc1ccc(-c2ccccc2)c(C(F)(F)F)c1)C(=O)N1CCCSCC1. The number of carbonyl (C=O) groups excluding carboxylic acids is 2. The van der Waals surface area contributed by atoms with Crippen LogP contribution in [0.5, 0.6) is 0 Å². The van der Waals surface area contributed by atoms with Crippen molar-refractivity contribution < 1.29 is 22.8 Å². The number of halogens is 3. The van der Waals surface area contributed by atoms with Crippen molar-refractivity contribution in [3.8, 4) is 11.1 Å². The maximum atomic E-state index is 13.6. The van der Waals surface area contributed by atoms with Crippen molar-refractivity contribution in [1.82, 2.24) is 4.90 Å². The Labute approximate surface area is 165 Å². The molecule has 0 aromatic heterocycles. The molecule has 0 bridgehead atoms. The molecule has 4 nitrogen and oxygen atoms in total. The molecule has 0 atom stereocenters. The van der Waals surface area contributed by atoms with Gasteiger partial charge in [0.05, 0.1) is 5.56 Å². The Kier molecular flexibility index (Phi) is 6.28. The number of alkyl halides is 3. The molecule has 1 fully saturated rings. The average molecular weight is 408 g/mol. The van der Waals surface area contributed by atoms with E-state index in [9.17, 15) is 22.8 Å². The van der Waals surface area contributed by atoms with Crippen LogP contribution in [0, 0.1) is 0 Å². The van der Waals surface area contributed by atoms with Gasteiger partial charge >= 0.3 is 18.0 Å². The van der Waals surface area contributed by atoms with E-state index in [0.717, 1.165) is 24.0 Å². The van der Waals surface area contributed by atoms with Crippen molar-refractivity contribution in [2.24, 2.45) is 0 Å².